The Bertz CT molecular complexity index is 1650. The van der Waals surface area contributed by atoms with E-state index in [9.17, 15) is 18.3 Å². The van der Waals surface area contributed by atoms with Gasteiger partial charge in [-0.25, -0.2) is 14.7 Å². The number of nitrogens with zero attached hydrogens (tertiary/aromatic N) is 2. The van der Waals surface area contributed by atoms with Crippen LogP contribution in [0.15, 0.2) is 65.7 Å². The lowest BCUT2D eigenvalue weighted by molar-refractivity contribution is 0.0978. The highest BCUT2D eigenvalue weighted by molar-refractivity contribution is 7.90. The van der Waals surface area contributed by atoms with Gasteiger partial charge in [-0.15, -0.1) is 0 Å². The zero-order valence-electron chi connectivity index (χ0n) is 21.1. The number of phenols is 1. The molecule has 2 aromatic carbocycles. The molecule has 202 valence electrons. The molecule has 4 N–H and O–H groups in total. The number of ether oxygens (including phenoxy) is 2. The zero-order chi connectivity index (χ0) is 27.6. The topological polar surface area (TPSA) is 154 Å². The Morgan fingerprint density at radius 1 is 1.00 bits per heavy atom. The standard InChI is InChI=1S/C27H26N4O6S.3H2/c1-15-12-16(2)25(17(3)13-15)37-27-19(26(33)31-38(34,35)24-7-5-6-23(28)30-24)9-10-20(29-27)18-8-11-21(32)22(14-18)36-4;;;/h5-14,32H,1-4H3,(H2,28,30)(H,31,33);3*1H. The van der Waals surface area contributed by atoms with Crippen LogP contribution in [0.3, 0.4) is 0 Å². The second kappa shape index (κ2) is 10.4. The predicted molar refractivity (Wildman–Crippen MR) is 148 cm³/mol. The second-order valence-corrected chi connectivity index (χ2v) is 10.2. The first-order valence-corrected chi connectivity index (χ1v) is 12.9. The van der Waals surface area contributed by atoms with Gasteiger partial charge < -0.3 is 20.3 Å². The summed E-state index contributed by atoms with van der Waals surface area (Å²) >= 11 is 0. The molecule has 11 heteroatoms. The zero-order valence-corrected chi connectivity index (χ0v) is 22.0. The van der Waals surface area contributed by atoms with E-state index in [1.807, 2.05) is 37.6 Å². The summed E-state index contributed by atoms with van der Waals surface area (Å²) in [7, 11) is -2.91. The average Bonchev–Trinajstić information content (AvgIpc) is 2.86. The Labute approximate surface area is 224 Å². The highest BCUT2D eigenvalue weighted by atomic mass is 32.2. The Hall–Kier alpha value is -4.64. The molecule has 0 saturated heterocycles. The molecule has 0 aliphatic rings. The van der Waals surface area contributed by atoms with Crippen molar-refractivity contribution >= 4 is 21.7 Å². The van der Waals surface area contributed by atoms with Gasteiger partial charge >= 0.3 is 0 Å². The monoisotopic (exact) mass is 540 g/mol. The number of nitrogens with two attached hydrogens (primary N) is 1. The summed E-state index contributed by atoms with van der Waals surface area (Å²) < 4.78 is 39.0. The normalized spacial score (nSPS) is 11.2. The van der Waals surface area contributed by atoms with E-state index in [0.717, 1.165) is 16.7 Å². The first-order valence-electron chi connectivity index (χ1n) is 11.4. The van der Waals surface area contributed by atoms with Gasteiger partial charge in [-0.2, -0.15) is 8.42 Å². The number of hydrogen-bond donors (Lipinski definition) is 3. The molecule has 0 aliphatic carbocycles. The highest BCUT2D eigenvalue weighted by Gasteiger charge is 2.25. The van der Waals surface area contributed by atoms with Crippen molar-refractivity contribution in [2.75, 3.05) is 12.8 Å². The van der Waals surface area contributed by atoms with E-state index >= 15 is 0 Å². The quantitative estimate of drug-likeness (QED) is 0.293. The first kappa shape index (κ1) is 26.4. The smallest absolute Gasteiger partial charge is 0.281 e. The van der Waals surface area contributed by atoms with Gasteiger partial charge in [0.2, 0.25) is 5.88 Å². The lowest BCUT2D eigenvalue weighted by atomic mass is 10.1. The molecule has 10 nitrogen and oxygen atoms in total. The number of aromatic nitrogens is 2. The molecule has 0 saturated carbocycles. The maximum atomic E-state index is 13.2. The molecule has 2 aromatic heterocycles. The van der Waals surface area contributed by atoms with E-state index in [2.05, 4.69) is 9.97 Å². The minimum absolute atomic E-state index is 0. The molecule has 0 radical (unpaired) electrons. The number of aryl methyl sites for hydroxylation is 3. The molecule has 0 atom stereocenters. The molecule has 4 rings (SSSR count). The van der Waals surface area contributed by atoms with Crippen molar-refractivity contribution in [1.29, 1.82) is 0 Å². The van der Waals surface area contributed by atoms with Crippen LogP contribution >= 0.6 is 0 Å². The van der Waals surface area contributed by atoms with Crippen LogP contribution in [-0.2, 0) is 10.0 Å². The number of amides is 1. The summed E-state index contributed by atoms with van der Waals surface area (Å²) in [6.45, 7) is 5.67. The number of carbonyl (C=O) groups is 1. The number of nitrogen functional groups attached to an aromatic ring is 1. The number of sulfonamides is 1. The van der Waals surface area contributed by atoms with Crippen LogP contribution in [0.1, 0.15) is 31.3 Å². The lowest BCUT2D eigenvalue weighted by Crippen LogP contribution is -2.31. The molecule has 4 aromatic rings. The largest absolute Gasteiger partial charge is 0.504 e. The fraction of sp³-hybridized carbons (Fsp3) is 0.148. The maximum Gasteiger partial charge on any atom is 0.281 e. The minimum Gasteiger partial charge on any atom is -0.504 e. The number of rotatable bonds is 7. The third-order valence-electron chi connectivity index (χ3n) is 5.63. The maximum absolute atomic E-state index is 13.2. The molecule has 2 heterocycles. The van der Waals surface area contributed by atoms with Crippen LogP contribution in [0.25, 0.3) is 11.3 Å². The van der Waals surface area contributed by atoms with Crippen molar-refractivity contribution in [2.45, 2.75) is 25.8 Å². The van der Waals surface area contributed by atoms with Crippen molar-refractivity contribution in [3.8, 4) is 34.4 Å². The van der Waals surface area contributed by atoms with Crippen molar-refractivity contribution in [3.63, 3.8) is 0 Å². The molecule has 0 fully saturated rings. The molecule has 0 aliphatic heterocycles. The predicted octanol–water partition coefficient (Wildman–Crippen LogP) is 5.01. The average molecular weight is 541 g/mol. The van der Waals surface area contributed by atoms with E-state index in [1.54, 1.807) is 12.1 Å². The number of pyridine rings is 2. The van der Waals surface area contributed by atoms with E-state index < -0.39 is 21.0 Å². The summed E-state index contributed by atoms with van der Waals surface area (Å²) in [5.74, 6) is -0.413. The van der Waals surface area contributed by atoms with E-state index in [-0.39, 0.29) is 33.0 Å². The van der Waals surface area contributed by atoms with Gasteiger partial charge in [-0.1, -0.05) is 23.8 Å². The Morgan fingerprint density at radius 3 is 2.37 bits per heavy atom. The van der Waals surface area contributed by atoms with Crippen LogP contribution in [0.5, 0.6) is 23.1 Å². The fourth-order valence-corrected chi connectivity index (χ4v) is 4.86. The summed E-state index contributed by atoms with van der Waals surface area (Å²) in [5, 5.41) is 9.55. The molecular weight excluding hydrogens is 508 g/mol. The van der Waals surface area contributed by atoms with Crippen molar-refractivity contribution in [3.05, 3.63) is 82.9 Å². The molecular formula is C27H32N4O6S. The highest BCUT2D eigenvalue weighted by Crippen LogP contribution is 2.35. The molecule has 0 bridgehead atoms. The number of nitrogens with one attached hydrogen (secondary N) is 1. The summed E-state index contributed by atoms with van der Waals surface area (Å²) in [6.07, 6.45) is 0. The molecule has 38 heavy (non-hydrogen) atoms. The summed E-state index contributed by atoms with van der Waals surface area (Å²) in [4.78, 5) is 21.5. The SMILES string of the molecule is COc1cc(-c2ccc(C(=O)NS(=O)(=O)c3cccc(N)n3)c(Oc3c(C)cc(C)cc3C)n2)ccc1O.[HH].[HH].[HH]. The fourth-order valence-electron chi connectivity index (χ4n) is 3.92. The van der Waals surface area contributed by atoms with Gasteiger partial charge in [0.15, 0.2) is 16.5 Å². The molecule has 0 unspecified atom stereocenters. The van der Waals surface area contributed by atoms with Gasteiger partial charge in [-0.05, 0) is 74.4 Å². The van der Waals surface area contributed by atoms with Crippen LogP contribution in [0.4, 0.5) is 5.82 Å². The Kier molecular flexibility index (Phi) is 7.22. The Balaban J connectivity index is 0.00000280. The van der Waals surface area contributed by atoms with Crippen LogP contribution in [-0.4, -0.2) is 36.5 Å². The number of hydrogen-bond acceptors (Lipinski definition) is 9. The van der Waals surface area contributed by atoms with Gasteiger partial charge in [0, 0.05) is 9.84 Å². The van der Waals surface area contributed by atoms with Crippen molar-refractivity contribution in [2.24, 2.45) is 0 Å². The number of benzene rings is 2. The van der Waals surface area contributed by atoms with Crippen LogP contribution < -0.4 is 19.9 Å². The summed E-state index contributed by atoms with van der Waals surface area (Å²) in [6, 6.07) is 15.5. The number of aromatic hydroxyl groups is 1. The number of carbonyl (C=O) groups excluding carboxylic acids is 1. The lowest BCUT2D eigenvalue weighted by Gasteiger charge is -2.16. The van der Waals surface area contributed by atoms with Gasteiger partial charge in [0.05, 0.1) is 12.8 Å². The Morgan fingerprint density at radius 2 is 1.71 bits per heavy atom. The van der Waals surface area contributed by atoms with E-state index in [4.69, 9.17) is 15.2 Å². The summed E-state index contributed by atoms with van der Waals surface area (Å²) in [5.41, 5.74) is 9.11. The van der Waals surface area contributed by atoms with E-state index in [1.165, 1.54) is 43.5 Å². The minimum atomic E-state index is -4.34. The van der Waals surface area contributed by atoms with Gasteiger partial charge in [-0.3, -0.25) is 4.79 Å². The van der Waals surface area contributed by atoms with Crippen molar-refractivity contribution < 1.29 is 32.1 Å². The number of phenolic OH excluding ortho intramolecular Hbond substituents is 1. The molecule has 0 spiro atoms. The van der Waals surface area contributed by atoms with Crippen LogP contribution in [0.2, 0.25) is 0 Å². The third kappa shape index (κ3) is 5.52. The van der Waals surface area contributed by atoms with Crippen molar-refractivity contribution in [1.82, 2.24) is 14.7 Å². The third-order valence-corrected chi connectivity index (χ3v) is 6.86. The van der Waals surface area contributed by atoms with Gasteiger partial charge in [0.25, 0.3) is 15.9 Å². The first-order chi connectivity index (χ1) is 18.0. The van der Waals surface area contributed by atoms with E-state index in [0.29, 0.717) is 17.0 Å². The molecule has 1 amide bonds. The number of methoxy groups -OCH3 is 1. The van der Waals surface area contributed by atoms with Gasteiger partial charge in [0.1, 0.15) is 17.1 Å². The van der Waals surface area contributed by atoms with Crippen LogP contribution in [0, 0.1) is 20.8 Å². The second-order valence-electron chi connectivity index (χ2n) is 8.60. The number of anilines is 1.